The second-order valence-electron chi connectivity index (χ2n) is 1.53. The first-order valence-electron chi connectivity index (χ1n) is 2.55. The lowest BCUT2D eigenvalue weighted by Crippen LogP contribution is -2.18. The summed E-state index contributed by atoms with van der Waals surface area (Å²) in [6.45, 7) is 0. The SMILES string of the molecule is O=C(N[C]=S)c1cccs1. The van der Waals surface area contributed by atoms with Gasteiger partial charge in [-0.15, -0.1) is 11.3 Å². The van der Waals surface area contributed by atoms with Crippen molar-refractivity contribution in [1.29, 1.82) is 0 Å². The van der Waals surface area contributed by atoms with Crippen LogP contribution in [0.25, 0.3) is 0 Å². The van der Waals surface area contributed by atoms with Crippen LogP contribution in [0.4, 0.5) is 0 Å². The van der Waals surface area contributed by atoms with Crippen LogP contribution in [0.15, 0.2) is 17.5 Å². The van der Waals surface area contributed by atoms with Crippen LogP contribution in [0.3, 0.4) is 0 Å². The van der Waals surface area contributed by atoms with Crippen LogP contribution in [0.1, 0.15) is 9.67 Å². The number of rotatable bonds is 2. The Kier molecular flexibility index (Phi) is 2.53. The van der Waals surface area contributed by atoms with E-state index in [0.717, 1.165) is 0 Å². The Morgan fingerprint density at radius 1 is 1.80 bits per heavy atom. The van der Waals surface area contributed by atoms with Gasteiger partial charge in [-0.1, -0.05) is 18.3 Å². The number of thiocarbonyl (C=S) groups is 1. The minimum atomic E-state index is -0.190. The van der Waals surface area contributed by atoms with Crippen LogP contribution in [-0.2, 0) is 0 Å². The molecular formula is C6H4NOS2. The van der Waals surface area contributed by atoms with Gasteiger partial charge in [-0.05, 0) is 11.4 Å². The quantitative estimate of drug-likeness (QED) is 0.535. The zero-order valence-corrected chi connectivity index (χ0v) is 6.59. The molecular weight excluding hydrogens is 166 g/mol. The van der Waals surface area contributed by atoms with E-state index in [9.17, 15) is 4.79 Å². The molecule has 0 aliphatic carbocycles. The lowest BCUT2D eigenvalue weighted by atomic mass is 10.4. The minimum Gasteiger partial charge on any atom is -0.310 e. The van der Waals surface area contributed by atoms with E-state index in [-0.39, 0.29) is 5.91 Å². The van der Waals surface area contributed by atoms with Gasteiger partial charge in [-0.2, -0.15) is 0 Å². The summed E-state index contributed by atoms with van der Waals surface area (Å²) in [5.41, 5.74) is 2.15. The molecule has 0 fully saturated rings. The van der Waals surface area contributed by atoms with Crippen molar-refractivity contribution in [2.24, 2.45) is 0 Å². The van der Waals surface area contributed by atoms with Crippen LogP contribution in [0.5, 0.6) is 0 Å². The maximum absolute atomic E-state index is 10.9. The summed E-state index contributed by atoms with van der Waals surface area (Å²) in [6.07, 6.45) is 0. The highest BCUT2D eigenvalue weighted by Crippen LogP contribution is 2.06. The van der Waals surface area contributed by atoms with E-state index in [1.54, 1.807) is 6.07 Å². The molecule has 0 spiro atoms. The van der Waals surface area contributed by atoms with E-state index in [1.807, 2.05) is 11.4 Å². The summed E-state index contributed by atoms with van der Waals surface area (Å²) in [4.78, 5) is 11.5. The molecule has 0 aliphatic heterocycles. The number of thiophene rings is 1. The van der Waals surface area contributed by atoms with Gasteiger partial charge in [-0.25, -0.2) is 0 Å². The molecule has 0 bridgehead atoms. The number of hydrogen-bond donors (Lipinski definition) is 1. The normalized spacial score (nSPS) is 8.80. The fraction of sp³-hybridized carbons (Fsp3) is 0. The van der Waals surface area contributed by atoms with Crippen molar-refractivity contribution in [2.75, 3.05) is 0 Å². The van der Waals surface area contributed by atoms with Crippen molar-refractivity contribution in [3.05, 3.63) is 22.4 Å². The van der Waals surface area contributed by atoms with Crippen LogP contribution in [-0.4, -0.2) is 11.4 Å². The van der Waals surface area contributed by atoms with Gasteiger partial charge in [0, 0.05) is 0 Å². The Bertz CT molecular complexity index is 230. The van der Waals surface area contributed by atoms with Gasteiger partial charge in [0.25, 0.3) is 5.91 Å². The summed E-state index contributed by atoms with van der Waals surface area (Å²) < 4.78 is 0. The number of nitrogens with one attached hydrogen (secondary N) is 1. The smallest absolute Gasteiger partial charge is 0.266 e. The maximum Gasteiger partial charge on any atom is 0.266 e. The van der Waals surface area contributed by atoms with Crippen molar-refractivity contribution < 1.29 is 4.79 Å². The zero-order chi connectivity index (χ0) is 7.40. The maximum atomic E-state index is 10.9. The molecule has 51 valence electrons. The molecule has 10 heavy (non-hydrogen) atoms. The number of carbonyl (C=O) groups is 1. The highest BCUT2D eigenvalue weighted by molar-refractivity contribution is 7.78. The number of carbonyl (C=O) groups excluding carboxylic acids is 1. The van der Waals surface area contributed by atoms with Gasteiger partial charge >= 0.3 is 0 Å². The van der Waals surface area contributed by atoms with Crippen LogP contribution in [0.2, 0.25) is 0 Å². The van der Waals surface area contributed by atoms with Crippen molar-refractivity contribution in [1.82, 2.24) is 5.32 Å². The average Bonchev–Trinajstić information content (AvgIpc) is 2.38. The third kappa shape index (κ3) is 1.62. The largest absolute Gasteiger partial charge is 0.310 e. The van der Waals surface area contributed by atoms with Gasteiger partial charge in [0.05, 0.1) is 4.88 Å². The Hall–Kier alpha value is -0.740. The first kappa shape index (κ1) is 7.37. The Balaban J connectivity index is 2.68. The Morgan fingerprint density at radius 2 is 2.60 bits per heavy atom. The van der Waals surface area contributed by atoms with Gasteiger partial charge in [0.15, 0.2) is 0 Å². The van der Waals surface area contributed by atoms with Gasteiger partial charge < -0.3 is 5.32 Å². The molecule has 2 nitrogen and oxygen atoms in total. The summed E-state index contributed by atoms with van der Waals surface area (Å²) in [5.74, 6) is -0.190. The van der Waals surface area contributed by atoms with Crippen LogP contribution >= 0.6 is 23.6 Å². The fourth-order valence-electron chi connectivity index (χ4n) is 0.516. The second kappa shape index (κ2) is 3.43. The van der Waals surface area contributed by atoms with Crippen molar-refractivity contribution in [2.45, 2.75) is 0 Å². The van der Waals surface area contributed by atoms with Crippen molar-refractivity contribution >= 4 is 35.0 Å². The Morgan fingerprint density at radius 3 is 3.10 bits per heavy atom. The zero-order valence-electron chi connectivity index (χ0n) is 4.96. The highest BCUT2D eigenvalue weighted by Gasteiger charge is 2.02. The monoisotopic (exact) mass is 170 g/mol. The van der Waals surface area contributed by atoms with Crippen molar-refractivity contribution in [3.8, 4) is 0 Å². The molecule has 0 saturated carbocycles. The van der Waals surface area contributed by atoms with E-state index >= 15 is 0 Å². The predicted octanol–water partition coefficient (Wildman–Crippen LogP) is 1.31. The molecule has 0 saturated heterocycles. The Labute approximate surface area is 67.9 Å². The fourth-order valence-corrected chi connectivity index (χ4v) is 1.23. The predicted molar refractivity (Wildman–Crippen MR) is 44.4 cm³/mol. The number of hydrogen-bond acceptors (Lipinski definition) is 3. The van der Waals surface area contributed by atoms with E-state index in [1.165, 1.54) is 11.3 Å². The van der Waals surface area contributed by atoms with Crippen LogP contribution < -0.4 is 5.32 Å². The topological polar surface area (TPSA) is 29.1 Å². The standard InChI is InChI=1S/C6H4NOS2/c8-6(7-4-9)5-2-1-3-10-5/h1-3H,(H,7,8,9). The summed E-state index contributed by atoms with van der Waals surface area (Å²) in [6, 6.07) is 3.54. The molecule has 0 unspecified atom stereocenters. The number of amides is 1. The van der Waals surface area contributed by atoms with Crippen molar-refractivity contribution in [3.63, 3.8) is 0 Å². The average molecular weight is 170 g/mol. The molecule has 0 aromatic carbocycles. The molecule has 1 radical (unpaired) electrons. The molecule has 1 N–H and O–H groups in total. The summed E-state index contributed by atoms with van der Waals surface area (Å²) >= 11 is 5.70. The van der Waals surface area contributed by atoms with Gasteiger partial charge in [0.2, 0.25) is 0 Å². The lowest BCUT2D eigenvalue weighted by molar-refractivity contribution is 0.0983. The molecule has 1 heterocycles. The van der Waals surface area contributed by atoms with Crippen LogP contribution in [0, 0.1) is 0 Å². The third-order valence-electron chi connectivity index (χ3n) is 0.910. The van der Waals surface area contributed by atoms with E-state index in [2.05, 4.69) is 23.0 Å². The molecule has 1 aromatic heterocycles. The molecule has 1 amide bonds. The van der Waals surface area contributed by atoms with E-state index in [0.29, 0.717) is 4.88 Å². The molecule has 4 heteroatoms. The molecule has 1 aromatic rings. The summed E-state index contributed by atoms with van der Waals surface area (Å²) in [7, 11) is 0. The van der Waals surface area contributed by atoms with Gasteiger partial charge in [-0.3, -0.25) is 4.79 Å². The lowest BCUT2D eigenvalue weighted by Gasteiger charge is -1.90. The molecule has 0 aliphatic rings. The highest BCUT2D eigenvalue weighted by atomic mass is 32.1. The minimum absolute atomic E-state index is 0.190. The second-order valence-corrected chi connectivity index (χ2v) is 2.69. The first-order valence-corrected chi connectivity index (χ1v) is 3.84. The first-order chi connectivity index (χ1) is 4.84. The molecule has 0 atom stereocenters. The van der Waals surface area contributed by atoms with Gasteiger partial charge in [0.1, 0.15) is 5.49 Å². The van der Waals surface area contributed by atoms with E-state index < -0.39 is 0 Å². The third-order valence-corrected chi connectivity index (χ3v) is 1.88. The molecule has 1 rings (SSSR count). The summed E-state index contributed by atoms with van der Waals surface area (Å²) in [5, 5.41) is 4.12. The van der Waals surface area contributed by atoms with E-state index in [4.69, 9.17) is 0 Å².